The van der Waals surface area contributed by atoms with E-state index in [4.69, 9.17) is 27.9 Å². The molecule has 0 aromatic heterocycles. The zero-order chi connectivity index (χ0) is 26.2. The normalized spacial score (nSPS) is 21.1. The Morgan fingerprint density at radius 2 is 1.86 bits per heavy atom. The summed E-state index contributed by atoms with van der Waals surface area (Å²) in [6, 6.07) is 4.73. The van der Waals surface area contributed by atoms with Gasteiger partial charge in [0.25, 0.3) is 0 Å². The molecular formula is C26H30Cl2F3NO3. The van der Waals surface area contributed by atoms with Gasteiger partial charge >= 0.3 is 12.1 Å². The topological polar surface area (TPSA) is 55.4 Å². The minimum atomic E-state index is -4.54. The van der Waals surface area contributed by atoms with Crippen molar-refractivity contribution in [2.45, 2.75) is 65.2 Å². The maximum absolute atomic E-state index is 13.6. The van der Waals surface area contributed by atoms with Gasteiger partial charge in [0.1, 0.15) is 5.60 Å². The molecule has 3 rings (SSSR count). The Morgan fingerprint density at radius 1 is 1.20 bits per heavy atom. The van der Waals surface area contributed by atoms with E-state index in [0.29, 0.717) is 40.6 Å². The molecule has 2 aliphatic carbocycles. The standard InChI is InChI=1S/C26H30Cl2F3NO3/c1-15(26(29,30)31)21(16-5-7-18(27)8-6-16)22(33)32-19-9-10-20(28)17(13-19)14-25(11-12-25)23(34)35-24(2,3)4/h5,7-10,13,15-16,21H,6,11-12,14H2,1-4H3,(H,32,33)/t15-,16?,21+/m1/s1. The van der Waals surface area contributed by atoms with Crippen LogP contribution in [0.1, 0.15) is 52.5 Å². The highest BCUT2D eigenvalue weighted by atomic mass is 35.5. The van der Waals surface area contributed by atoms with Gasteiger partial charge < -0.3 is 10.1 Å². The van der Waals surface area contributed by atoms with Gasteiger partial charge in [0.2, 0.25) is 5.91 Å². The van der Waals surface area contributed by atoms with Gasteiger partial charge in [-0.25, -0.2) is 0 Å². The predicted octanol–water partition coefficient (Wildman–Crippen LogP) is 7.46. The molecule has 1 unspecified atom stereocenters. The first-order valence-corrected chi connectivity index (χ1v) is 12.3. The Labute approximate surface area is 213 Å². The molecule has 192 valence electrons. The molecule has 1 saturated carbocycles. The van der Waals surface area contributed by atoms with E-state index in [1.165, 1.54) is 6.08 Å². The lowest BCUT2D eigenvalue weighted by Crippen LogP contribution is -2.40. The number of halogens is 5. The summed E-state index contributed by atoms with van der Waals surface area (Å²) < 4.78 is 46.4. The largest absolute Gasteiger partial charge is 0.460 e. The fourth-order valence-electron chi connectivity index (χ4n) is 4.24. The van der Waals surface area contributed by atoms with Crippen molar-refractivity contribution in [3.63, 3.8) is 0 Å². The van der Waals surface area contributed by atoms with Crippen LogP contribution in [0.5, 0.6) is 0 Å². The molecule has 0 saturated heterocycles. The molecule has 1 aromatic rings. The number of rotatable bonds is 7. The van der Waals surface area contributed by atoms with Crippen LogP contribution >= 0.6 is 23.2 Å². The molecule has 2 aliphatic rings. The average molecular weight is 532 g/mol. The highest BCUT2D eigenvalue weighted by Gasteiger charge is 2.52. The maximum atomic E-state index is 13.6. The Kier molecular flexibility index (Phi) is 8.02. The van der Waals surface area contributed by atoms with E-state index in [1.54, 1.807) is 51.1 Å². The second kappa shape index (κ2) is 10.2. The molecule has 3 atom stereocenters. The summed E-state index contributed by atoms with van der Waals surface area (Å²) in [7, 11) is 0. The van der Waals surface area contributed by atoms with Gasteiger partial charge in [-0.3, -0.25) is 9.59 Å². The summed E-state index contributed by atoms with van der Waals surface area (Å²) >= 11 is 12.3. The molecule has 0 radical (unpaired) electrons. The fourth-order valence-corrected chi connectivity index (χ4v) is 4.59. The molecule has 0 aliphatic heterocycles. The number of hydrogen-bond acceptors (Lipinski definition) is 3. The van der Waals surface area contributed by atoms with Crippen molar-refractivity contribution in [1.29, 1.82) is 0 Å². The molecule has 0 heterocycles. The number of carbonyl (C=O) groups excluding carboxylic acids is 2. The number of amides is 1. The van der Waals surface area contributed by atoms with E-state index in [-0.39, 0.29) is 12.4 Å². The zero-order valence-corrected chi connectivity index (χ0v) is 21.7. The monoisotopic (exact) mass is 531 g/mol. The van der Waals surface area contributed by atoms with Gasteiger partial charge in [0.05, 0.1) is 17.3 Å². The third-order valence-corrected chi connectivity index (χ3v) is 7.08. The molecule has 0 bridgehead atoms. The third kappa shape index (κ3) is 7.04. The Balaban J connectivity index is 1.80. The zero-order valence-electron chi connectivity index (χ0n) is 20.1. The molecular weight excluding hydrogens is 502 g/mol. The van der Waals surface area contributed by atoms with Gasteiger partial charge in [-0.15, -0.1) is 0 Å². The number of hydrogen-bond donors (Lipinski definition) is 1. The van der Waals surface area contributed by atoms with E-state index < -0.39 is 40.9 Å². The van der Waals surface area contributed by atoms with Crippen molar-refractivity contribution in [2.75, 3.05) is 5.32 Å². The minimum Gasteiger partial charge on any atom is -0.460 e. The smallest absolute Gasteiger partial charge is 0.392 e. The Hall–Kier alpha value is -1.99. The first-order chi connectivity index (χ1) is 16.1. The van der Waals surface area contributed by atoms with Crippen molar-refractivity contribution < 1.29 is 27.5 Å². The number of esters is 1. The van der Waals surface area contributed by atoms with Crippen LogP contribution in [0, 0.1) is 23.2 Å². The number of allylic oxidation sites excluding steroid dienone is 4. The average Bonchev–Trinajstić information content (AvgIpc) is 3.51. The van der Waals surface area contributed by atoms with Gasteiger partial charge in [-0.1, -0.05) is 42.3 Å². The highest BCUT2D eigenvalue weighted by molar-refractivity contribution is 6.31. The molecule has 0 spiro atoms. The van der Waals surface area contributed by atoms with Crippen LogP contribution in [-0.4, -0.2) is 23.7 Å². The highest BCUT2D eigenvalue weighted by Crippen LogP contribution is 2.51. The van der Waals surface area contributed by atoms with Crippen LogP contribution < -0.4 is 5.32 Å². The van der Waals surface area contributed by atoms with Gasteiger partial charge in [0, 0.05) is 15.7 Å². The molecule has 1 aromatic carbocycles. The van der Waals surface area contributed by atoms with Crippen LogP contribution in [-0.2, 0) is 20.7 Å². The van der Waals surface area contributed by atoms with Crippen LogP contribution in [0.25, 0.3) is 0 Å². The summed E-state index contributed by atoms with van der Waals surface area (Å²) in [5, 5.41) is 3.49. The molecule has 9 heteroatoms. The number of nitrogens with one attached hydrogen (secondary N) is 1. The molecule has 1 fully saturated rings. The van der Waals surface area contributed by atoms with Crippen LogP contribution in [0.2, 0.25) is 5.02 Å². The lowest BCUT2D eigenvalue weighted by Gasteiger charge is -2.31. The Bertz CT molecular complexity index is 1040. The van der Waals surface area contributed by atoms with Crippen LogP contribution in [0.4, 0.5) is 18.9 Å². The molecule has 4 nitrogen and oxygen atoms in total. The van der Waals surface area contributed by atoms with Crippen molar-refractivity contribution in [3.05, 3.63) is 52.0 Å². The Morgan fingerprint density at radius 3 is 2.37 bits per heavy atom. The summed E-state index contributed by atoms with van der Waals surface area (Å²) in [4.78, 5) is 25.9. The summed E-state index contributed by atoms with van der Waals surface area (Å²) in [5.41, 5.74) is -0.350. The lowest BCUT2D eigenvalue weighted by molar-refractivity contribution is -0.188. The lowest BCUT2D eigenvalue weighted by atomic mass is 9.78. The minimum absolute atomic E-state index is 0.234. The van der Waals surface area contributed by atoms with Gasteiger partial charge in [0.15, 0.2) is 0 Å². The van der Waals surface area contributed by atoms with E-state index in [1.807, 2.05) is 0 Å². The summed E-state index contributed by atoms with van der Waals surface area (Å²) in [6.07, 6.45) is 2.01. The van der Waals surface area contributed by atoms with E-state index in [2.05, 4.69) is 5.32 Å². The number of anilines is 1. The van der Waals surface area contributed by atoms with Gasteiger partial charge in [-0.05, 0) is 82.2 Å². The number of benzene rings is 1. The van der Waals surface area contributed by atoms with Crippen LogP contribution in [0.15, 0.2) is 41.5 Å². The van der Waals surface area contributed by atoms with Crippen molar-refractivity contribution in [3.8, 4) is 0 Å². The third-order valence-electron chi connectivity index (χ3n) is 6.43. The second-order valence-electron chi connectivity index (χ2n) is 10.5. The summed E-state index contributed by atoms with van der Waals surface area (Å²) in [5.74, 6) is -4.90. The number of carbonyl (C=O) groups is 2. The molecule has 35 heavy (non-hydrogen) atoms. The number of alkyl halides is 3. The van der Waals surface area contributed by atoms with Gasteiger partial charge in [-0.2, -0.15) is 13.2 Å². The van der Waals surface area contributed by atoms with E-state index in [9.17, 15) is 22.8 Å². The first-order valence-electron chi connectivity index (χ1n) is 11.5. The predicted molar refractivity (Wildman–Crippen MR) is 131 cm³/mol. The maximum Gasteiger partial charge on any atom is 0.392 e. The van der Waals surface area contributed by atoms with E-state index in [0.717, 1.165) is 6.92 Å². The number of ether oxygens (including phenoxy) is 1. The van der Waals surface area contributed by atoms with E-state index >= 15 is 0 Å². The quantitative estimate of drug-likeness (QED) is 0.371. The first kappa shape index (κ1) is 27.6. The fraction of sp³-hybridized carbons (Fsp3) is 0.538. The van der Waals surface area contributed by atoms with Crippen molar-refractivity contribution in [2.24, 2.45) is 23.2 Å². The van der Waals surface area contributed by atoms with Crippen LogP contribution in [0.3, 0.4) is 0 Å². The van der Waals surface area contributed by atoms with Crippen molar-refractivity contribution >= 4 is 40.8 Å². The molecule has 1 N–H and O–H groups in total. The molecule has 1 amide bonds. The SMILES string of the molecule is C[C@H]([C@H](C(=O)Nc1ccc(Cl)c(CC2(C(=O)OC(C)(C)C)CC2)c1)C1C=CC(Cl)=CC1)C(F)(F)F. The summed E-state index contributed by atoms with van der Waals surface area (Å²) in [6.45, 7) is 6.41. The van der Waals surface area contributed by atoms with Crippen molar-refractivity contribution in [1.82, 2.24) is 0 Å². The second-order valence-corrected chi connectivity index (χ2v) is 11.3.